The zero-order valence-corrected chi connectivity index (χ0v) is 14.6. The molecule has 0 fully saturated rings. The fourth-order valence-electron chi connectivity index (χ4n) is 2.53. The second kappa shape index (κ2) is 8.35. The Balaban J connectivity index is 1.74. The zero-order valence-electron chi connectivity index (χ0n) is 14.6. The number of hydrogen-bond acceptors (Lipinski definition) is 6. The summed E-state index contributed by atoms with van der Waals surface area (Å²) in [5, 5.41) is 14.5. The molecule has 0 aliphatic rings. The van der Waals surface area contributed by atoms with Gasteiger partial charge in [-0.15, -0.1) is 0 Å². The summed E-state index contributed by atoms with van der Waals surface area (Å²) in [5.41, 5.74) is 2.37. The number of H-pyrrole nitrogens is 1. The van der Waals surface area contributed by atoms with Crippen molar-refractivity contribution in [2.75, 3.05) is 11.9 Å². The number of nitrogens with one attached hydrogen (secondary N) is 2. The fourth-order valence-corrected chi connectivity index (χ4v) is 2.53. The monoisotopic (exact) mass is 369 g/mol. The van der Waals surface area contributed by atoms with Gasteiger partial charge >= 0.3 is 5.97 Å². The van der Waals surface area contributed by atoms with Gasteiger partial charge in [0.15, 0.2) is 0 Å². The molecular weight excluding hydrogens is 350 g/mol. The number of aromatic amines is 1. The minimum atomic E-state index is -0.376. The summed E-state index contributed by atoms with van der Waals surface area (Å²) in [6, 6.07) is 15.2. The Morgan fingerprint density at radius 3 is 2.48 bits per heavy atom. The molecule has 8 nitrogen and oxygen atoms in total. The van der Waals surface area contributed by atoms with Crippen LogP contribution < -0.4 is 10.9 Å². The zero-order chi connectivity index (χ0) is 19.2. The molecule has 3 rings (SSSR count). The number of hydrogen-bond donors (Lipinski definition) is 3. The molecule has 27 heavy (non-hydrogen) atoms. The van der Waals surface area contributed by atoms with Crippen LogP contribution >= 0.6 is 0 Å². The van der Waals surface area contributed by atoms with E-state index in [9.17, 15) is 9.59 Å². The Labute approximate surface area is 154 Å². The van der Waals surface area contributed by atoms with Crippen LogP contribution in [-0.2, 0) is 16.2 Å². The van der Waals surface area contributed by atoms with E-state index in [1.54, 1.807) is 55.5 Å². The fraction of sp³-hybridized carbons (Fsp3) is 0.158. The Morgan fingerprint density at radius 2 is 1.85 bits per heavy atom. The molecule has 3 N–H and O–H groups in total. The van der Waals surface area contributed by atoms with Gasteiger partial charge < -0.3 is 10.1 Å². The summed E-state index contributed by atoms with van der Waals surface area (Å²) < 4.78 is 6.33. The third-order valence-corrected chi connectivity index (χ3v) is 3.82. The van der Waals surface area contributed by atoms with Gasteiger partial charge in [-0.1, -0.05) is 12.1 Å². The number of esters is 1. The number of carbonyl (C=O) groups excluding carboxylic acids is 1. The first-order valence-corrected chi connectivity index (χ1v) is 8.32. The summed E-state index contributed by atoms with van der Waals surface area (Å²) in [4.78, 5) is 28.0. The van der Waals surface area contributed by atoms with Crippen molar-refractivity contribution in [1.82, 2.24) is 9.78 Å². The summed E-state index contributed by atoms with van der Waals surface area (Å²) in [5.74, 6) is 0.130. The topological polar surface area (TPSA) is 106 Å². The summed E-state index contributed by atoms with van der Waals surface area (Å²) in [6.07, 6.45) is 0. The second-order valence-electron chi connectivity index (χ2n) is 5.71. The van der Waals surface area contributed by atoms with Gasteiger partial charge in [-0.2, -0.15) is 0 Å². The van der Waals surface area contributed by atoms with Crippen molar-refractivity contribution in [1.29, 1.82) is 0 Å². The number of carbonyl (C=O) groups is 1. The van der Waals surface area contributed by atoms with Gasteiger partial charge in [0.25, 0.3) is 5.56 Å². The van der Waals surface area contributed by atoms with E-state index < -0.39 is 0 Å². The third kappa shape index (κ3) is 4.43. The van der Waals surface area contributed by atoms with E-state index >= 15 is 0 Å². The van der Waals surface area contributed by atoms with Crippen LogP contribution in [0.3, 0.4) is 0 Å². The van der Waals surface area contributed by atoms with Crippen molar-refractivity contribution in [3.05, 3.63) is 76.1 Å². The standard InChI is InChI=1S/C19H19N3O5/c1-2-26-19(24)14-5-7-15(8-6-14)20-17-11-18(23)22(21-17)16-9-3-13(4-10-16)12-27-25/h3-11,20-21,25H,2,12H2,1H3. The molecule has 0 aliphatic heterocycles. The maximum Gasteiger partial charge on any atom is 0.338 e. The molecule has 8 heteroatoms. The predicted octanol–water partition coefficient (Wildman–Crippen LogP) is 3.08. The van der Waals surface area contributed by atoms with Gasteiger partial charge in [0, 0.05) is 11.8 Å². The molecule has 0 spiro atoms. The van der Waals surface area contributed by atoms with Crippen molar-refractivity contribution in [2.45, 2.75) is 13.5 Å². The molecule has 1 heterocycles. The van der Waals surface area contributed by atoms with Gasteiger partial charge in [-0.25, -0.2) is 14.4 Å². The number of ether oxygens (including phenoxy) is 1. The molecule has 0 atom stereocenters. The van der Waals surface area contributed by atoms with Gasteiger partial charge in [0.2, 0.25) is 0 Å². The highest BCUT2D eigenvalue weighted by molar-refractivity contribution is 5.89. The molecule has 0 saturated carbocycles. The first-order chi connectivity index (χ1) is 13.1. The lowest BCUT2D eigenvalue weighted by Gasteiger charge is -2.06. The molecule has 140 valence electrons. The average molecular weight is 369 g/mol. The van der Waals surface area contributed by atoms with Crippen LogP contribution in [0.2, 0.25) is 0 Å². The molecule has 3 aromatic rings. The Morgan fingerprint density at radius 1 is 1.15 bits per heavy atom. The number of anilines is 2. The number of benzene rings is 2. The first-order valence-electron chi connectivity index (χ1n) is 8.32. The molecule has 0 radical (unpaired) electrons. The molecule has 1 aromatic heterocycles. The quantitative estimate of drug-likeness (QED) is 0.336. The predicted molar refractivity (Wildman–Crippen MR) is 99.5 cm³/mol. The molecule has 0 amide bonds. The average Bonchev–Trinajstić information content (AvgIpc) is 3.03. The first kappa shape index (κ1) is 18.4. The van der Waals surface area contributed by atoms with Crippen LogP contribution in [-0.4, -0.2) is 27.6 Å². The number of rotatable bonds is 7. The summed E-state index contributed by atoms with van der Waals surface area (Å²) in [7, 11) is 0. The maximum atomic E-state index is 12.2. The molecular formula is C19H19N3O5. The van der Waals surface area contributed by atoms with Crippen molar-refractivity contribution < 1.29 is 19.7 Å². The number of nitrogens with zero attached hydrogens (tertiary/aromatic N) is 1. The highest BCUT2D eigenvalue weighted by Crippen LogP contribution is 2.16. The van der Waals surface area contributed by atoms with Gasteiger partial charge in [-0.3, -0.25) is 15.2 Å². The molecule has 0 bridgehead atoms. The van der Waals surface area contributed by atoms with E-state index in [-0.39, 0.29) is 18.1 Å². The second-order valence-corrected chi connectivity index (χ2v) is 5.71. The normalized spacial score (nSPS) is 10.6. The molecule has 0 aliphatic carbocycles. The van der Waals surface area contributed by atoms with E-state index in [0.717, 1.165) is 5.56 Å². The van der Waals surface area contributed by atoms with Crippen molar-refractivity contribution in [3.8, 4) is 5.69 Å². The van der Waals surface area contributed by atoms with Gasteiger partial charge in [-0.05, 0) is 48.9 Å². The van der Waals surface area contributed by atoms with Crippen LogP contribution in [0.1, 0.15) is 22.8 Å². The highest BCUT2D eigenvalue weighted by Gasteiger charge is 2.08. The van der Waals surface area contributed by atoms with E-state index in [1.165, 1.54) is 10.7 Å². The van der Waals surface area contributed by atoms with Crippen LogP contribution in [0.15, 0.2) is 59.4 Å². The lowest BCUT2D eigenvalue weighted by Crippen LogP contribution is -2.13. The van der Waals surface area contributed by atoms with E-state index in [2.05, 4.69) is 15.3 Å². The summed E-state index contributed by atoms with van der Waals surface area (Å²) in [6.45, 7) is 2.15. The smallest absolute Gasteiger partial charge is 0.338 e. The number of aromatic nitrogens is 2. The molecule has 0 unspecified atom stereocenters. The van der Waals surface area contributed by atoms with E-state index in [0.29, 0.717) is 29.4 Å². The van der Waals surface area contributed by atoms with Crippen LogP contribution in [0.4, 0.5) is 11.5 Å². The van der Waals surface area contributed by atoms with Crippen molar-refractivity contribution >= 4 is 17.5 Å². The summed E-state index contributed by atoms with van der Waals surface area (Å²) >= 11 is 0. The van der Waals surface area contributed by atoms with Crippen LogP contribution in [0, 0.1) is 0 Å². The minimum absolute atomic E-state index is 0.0779. The maximum absolute atomic E-state index is 12.2. The van der Waals surface area contributed by atoms with Gasteiger partial charge in [0.1, 0.15) is 12.4 Å². The Kier molecular flexibility index (Phi) is 5.70. The van der Waals surface area contributed by atoms with Crippen molar-refractivity contribution in [2.24, 2.45) is 0 Å². The lowest BCUT2D eigenvalue weighted by atomic mass is 10.2. The molecule has 0 saturated heterocycles. The van der Waals surface area contributed by atoms with Crippen molar-refractivity contribution in [3.63, 3.8) is 0 Å². The van der Waals surface area contributed by atoms with Gasteiger partial charge in [0.05, 0.1) is 17.9 Å². The largest absolute Gasteiger partial charge is 0.462 e. The van der Waals surface area contributed by atoms with Crippen LogP contribution in [0.5, 0.6) is 0 Å². The Hall–Kier alpha value is -3.36. The van der Waals surface area contributed by atoms with E-state index in [1.807, 2.05) is 0 Å². The SMILES string of the molecule is CCOC(=O)c1ccc(Nc2cc(=O)n(-c3ccc(COO)cc3)[nH]2)cc1. The third-order valence-electron chi connectivity index (χ3n) is 3.82. The highest BCUT2D eigenvalue weighted by atomic mass is 17.1. The van der Waals surface area contributed by atoms with Crippen LogP contribution in [0.25, 0.3) is 5.69 Å². The minimum Gasteiger partial charge on any atom is -0.462 e. The molecule has 2 aromatic carbocycles. The van der Waals surface area contributed by atoms with E-state index in [4.69, 9.17) is 9.99 Å². The Bertz CT molecular complexity index is 958. The lowest BCUT2D eigenvalue weighted by molar-refractivity contribution is -0.253.